The van der Waals surface area contributed by atoms with Gasteiger partial charge in [-0.05, 0) is 18.2 Å². The van der Waals surface area contributed by atoms with Gasteiger partial charge < -0.3 is 33.8 Å². The van der Waals surface area contributed by atoms with Crippen LogP contribution < -0.4 is 19.9 Å². The molecular weight excluding hydrogens is 374 g/mol. The Morgan fingerprint density at radius 1 is 1.04 bits per heavy atom. The van der Waals surface area contributed by atoms with Crippen LogP contribution in [0.5, 0.6) is 17.2 Å². The number of hydrogen-bond acceptors (Lipinski definition) is 9. The first-order valence-electron chi connectivity index (χ1n) is 7.90. The minimum absolute atomic E-state index is 0.0892. The van der Waals surface area contributed by atoms with Crippen LogP contribution >= 0.6 is 0 Å². The number of furan rings is 1. The van der Waals surface area contributed by atoms with E-state index in [2.05, 4.69) is 4.74 Å². The van der Waals surface area contributed by atoms with Crippen molar-refractivity contribution < 1.29 is 42.5 Å². The van der Waals surface area contributed by atoms with Gasteiger partial charge in [-0.1, -0.05) is 0 Å². The largest absolute Gasteiger partial charge is 0.493 e. The maximum absolute atomic E-state index is 12.4. The first-order chi connectivity index (χ1) is 13.4. The molecule has 2 aromatic rings. The quantitative estimate of drug-likeness (QED) is 0.625. The molecule has 28 heavy (non-hydrogen) atoms. The average Bonchev–Trinajstić information content (AvgIpc) is 3.17. The van der Waals surface area contributed by atoms with Crippen LogP contribution in [0.4, 0.5) is 0 Å². The summed E-state index contributed by atoms with van der Waals surface area (Å²) in [6.45, 7) is -0.688. The number of nitrogens with two attached hydrogens (primary N) is 1. The average molecular weight is 393 g/mol. The molecule has 0 atom stereocenters. The third-order valence-corrected chi connectivity index (χ3v) is 3.54. The van der Waals surface area contributed by atoms with E-state index >= 15 is 0 Å². The Labute approximate surface area is 160 Å². The van der Waals surface area contributed by atoms with Crippen molar-refractivity contribution in [2.45, 2.75) is 6.61 Å². The van der Waals surface area contributed by atoms with Crippen LogP contribution in [-0.4, -0.2) is 45.8 Å². The van der Waals surface area contributed by atoms with Crippen LogP contribution in [-0.2, 0) is 20.9 Å². The first-order valence-corrected chi connectivity index (χ1v) is 7.90. The van der Waals surface area contributed by atoms with Crippen molar-refractivity contribution in [2.24, 2.45) is 5.73 Å². The van der Waals surface area contributed by atoms with Gasteiger partial charge in [-0.25, -0.2) is 9.59 Å². The molecular formula is C18H19NO9. The summed E-state index contributed by atoms with van der Waals surface area (Å²) in [6.07, 6.45) is 1.28. The summed E-state index contributed by atoms with van der Waals surface area (Å²) in [5, 5.41) is 0. The van der Waals surface area contributed by atoms with Gasteiger partial charge >= 0.3 is 11.9 Å². The summed E-state index contributed by atoms with van der Waals surface area (Å²) >= 11 is 0. The summed E-state index contributed by atoms with van der Waals surface area (Å²) < 4.78 is 30.6. The van der Waals surface area contributed by atoms with Crippen molar-refractivity contribution in [2.75, 3.05) is 27.9 Å². The van der Waals surface area contributed by atoms with Gasteiger partial charge in [0, 0.05) is 0 Å². The minimum Gasteiger partial charge on any atom is -0.493 e. The lowest BCUT2D eigenvalue weighted by molar-refractivity contribution is -0.120. The van der Waals surface area contributed by atoms with Gasteiger partial charge in [0.25, 0.3) is 5.91 Å². The predicted octanol–water partition coefficient (Wildman–Crippen LogP) is 1.30. The van der Waals surface area contributed by atoms with Gasteiger partial charge in [0.05, 0.1) is 33.2 Å². The predicted molar refractivity (Wildman–Crippen MR) is 93.4 cm³/mol. The second-order valence-electron chi connectivity index (χ2n) is 5.29. The van der Waals surface area contributed by atoms with Crippen molar-refractivity contribution >= 4 is 17.8 Å². The third-order valence-electron chi connectivity index (χ3n) is 3.54. The van der Waals surface area contributed by atoms with Gasteiger partial charge in [0.1, 0.15) is 5.56 Å². The number of ether oxygens (including phenoxy) is 5. The molecule has 0 unspecified atom stereocenters. The van der Waals surface area contributed by atoms with Crippen molar-refractivity contribution in [3.63, 3.8) is 0 Å². The molecule has 0 fully saturated rings. The molecule has 0 spiro atoms. The Bertz CT molecular complexity index is 847. The Morgan fingerprint density at radius 2 is 1.68 bits per heavy atom. The summed E-state index contributed by atoms with van der Waals surface area (Å²) in [6, 6.07) is 4.11. The fourth-order valence-electron chi connectivity index (χ4n) is 2.24. The van der Waals surface area contributed by atoms with Gasteiger partial charge in [-0.2, -0.15) is 0 Å². The molecule has 0 bridgehead atoms. The third kappa shape index (κ3) is 4.72. The van der Waals surface area contributed by atoms with E-state index in [1.54, 1.807) is 0 Å². The van der Waals surface area contributed by atoms with Gasteiger partial charge in [-0.3, -0.25) is 4.79 Å². The number of methoxy groups -OCH3 is 3. The highest BCUT2D eigenvalue weighted by molar-refractivity contribution is 5.92. The Balaban J connectivity index is 2.20. The maximum Gasteiger partial charge on any atom is 0.341 e. The van der Waals surface area contributed by atoms with Crippen molar-refractivity contribution in [1.82, 2.24) is 0 Å². The molecule has 0 radical (unpaired) electrons. The van der Waals surface area contributed by atoms with E-state index in [9.17, 15) is 14.4 Å². The standard InChI is InChI=1S/C18H19NO9/c1-23-12-6-10(7-13(24-2)16(12)27-9-15(19)20)17(21)28-8-14-11(4-5-26-14)18(22)25-3/h4-7H,8-9H2,1-3H3,(H2,19,20). The van der Waals surface area contributed by atoms with Crippen LogP contribution in [0.3, 0.4) is 0 Å². The topological polar surface area (TPSA) is 137 Å². The fraction of sp³-hybridized carbons (Fsp3) is 0.278. The monoisotopic (exact) mass is 393 g/mol. The first kappa shape index (κ1) is 20.6. The zero-order valence-electron chi connectivity index (χ0n) is 15.5. The summed E-state index contributed by atoms with van der Waals surface area (Å²) in [5.41, 5.74) is 5.31. The molecule has 2 N–H and O–H groups in total. The van der Waals surface area contributed by atoms with E-state index in [1.165, 1.54) is 45.8 Å². The van der Waals surface area contributed by atoms with Gasteiger partial charge in [-0.15, -0.1) is 0 Å². The molecule has 1 aromatic carbocycles. The molecule has 1 aromatic heterocycles. The number of rotatable bonds is 9. The summed E-state index contributed by atoms with van der Waals surface area (Å²) in [4.78, 5) is 35.0. The number of hydrogen-bond donors (Lipinski definition) is 1. The van der Waals surface area contributed by atoms with E-state index in [4.69, 9.17) is 29.1 Å². The van der Waals surface area contributed by atoms with E-state index in [0.29, 0.717) is 0 Å². The molecule has 0 aliphatic heterocycles. The lowest BCUT2D eigenvalue weighted by atomic mass is 10.2. The Kier molecular flexibility index (Phi) is 6.85. The molecule has 150 valence electrons. The van der Waals surface area contributed by atoms with Crippen LogP contribution in [0, 0.1) is 0 Å². The lowest BCUT2D eigenvalue weighted by Crippen LogP contribution is -2.20. The van der Waals surface area contributed by atoms with E-state index in [0.717, 1.165) is 0 Å². The molecule has 1 amide bonds. The lowest BCUT2D eigenvalue weighted by Gasteiger charge is -2.15. The molecule has 0 aliphatic rings. The van der Waals surface area contributed by atoms with Crippen molar-refractivity contribution in [3.8, 4) is 17.2 Å². The van der Waals surface area contributed by atoms with E-state index < -0.39 is 24.5 Å². The highest BCUT2D eigenvalue weighted by Gasteiger charge is 2.21. The highest BCUT2D eigenvalue weighted by Crippen LogP contribution is 2.38. The highest BCUT2D eigenvalue weighted by atomic mass is 16.6. The number of amides is 1. The molecule has 0 saturated carbocycles. The zero-order valence-corrected chi connectivity index (χ0v) is 15.5. The summed E-state index contributed by atoms with van der Waals surface area (Å²) in [5.74, 6) is -1.50. The molecule has 10 heteroatoms. The van der Waals surface area contributed by atoms with E-state index in [-0.39, 0.29) is 40.7 Å². The smallest absolute Gasteiger partial charge is 0.341 e. The molecule has 1 heterocycles. The van der Waals surface area contributed by atoms with Crippen LogP contribution in [0.2, 0.25) is 0 Å². The Morgan fingerprint density at radius 3 is 2.21 bits per heavy atom. The van der Waals surface area contributed by atoms with E-state index in [1.807, 2.05) is 0 Å². The van der Waals surface area contributed by atoms with Crippen molar-refractivity contribution in [3.05, 3.63) is 41.3 Å². The molecule has 2 rings (SSSR count). The molecule has 0 aliphatic carbocycles. The number of carbonyl (C=O) groups excluding carboxylic acids is 3. The minimum atomic E-state index is -0.731. The fourth-order valence-corrected chi connectivity index (χ4v) is 2.24. The van der Waals surface area contributed by atoms with Gasteiger partial charge in [0.2, 0.25) is 5.75 Å². The molecule has 0 saturated heterocycles. The second kappa shape index (κ2) is 9.31. The zero-order chi connectivity index (χ0) is 20.7. The number of primary amides is 1. The normalized spacial score (nSPS) is 10.1. The Hall–Kier alpha value is -3.69. The van der Waals surface area contributed by atoms with Crippen LogP contribution in [0.25, 0.3) is 0 Å². The number of esters is 2. The summed E-state index contributed by atoms with van der Waals surface area (Å²) in [7, 11) is 3.94. The maximum atomic E-state index is 12.4. The van der Waals surface area contributed by atoms with Crippen molar-refractivity contribution in [1.29, 1.82) is 0 Å². The SMILES string of the molecule is COC(=O)c1ccoc1COC(=O)c1cc(OC)c(OCC(N)=O)c(OC)c1. The second-order valence-corrected chi connectivity index (χ2v) is 5.29. The molecule has 10 nitrogen and oxygen atoms in total. The number of carbonyl (C=O) groups is 3. The van der Waals surface area contributed by atoms with Crippen LogP contribution in [0.1, 0.15) is 26.5 Å². The van der Waals surface area contributed by atoms with Crippen LogP contribution in [0.15, 0.2) is 28.9 Å². The number of benzene rings is 1. The van der Waals surface area contributed by atoms with Gasteiger partial charge in [0.15, 0.2) is 30.5 Å².